The normalized spacial score (nSPS) is 13.9. The van der Waals surface area contributed by atoms with Gasteiger partial charge in [-0.1, -0.05) is 6.92 Å². The molecular weight excluding hydrogens is 258 g/mol. The van der Waals surface area contributed by atoms with E-state index in [2.05, 4.69) is 15.0 Å². The second-order valence-electron chi connectivity index (χ2n) is 3.92. The molecule has 1 rings (SSSR count). The molecule has 1 heterocycles. The molecule has 0 aliphatic heterocycles. The molecule has 2 N–H and O–H groups in total. The van der Waals surface area contributed by atoms with Gasteiger partial charge in [-0.05, 0) is 27.3 Å². The Hall–Kier alpha value is -0.500. The van der Waals surface area contributed by atoms with Crippen LogP contribution < -0.4 is 10.0 Å². The first-order chi connectivity index (χ1) is 7.86. The molecule has 17 heavy (non-hydrogen) atoms. The number of aromatic nitrogens is 1. The fraction of sp³-hybridized carbons (Fsp3) is 0.700. The quantitative estimate of drug-likeness (QED) is 0.815. The third kappa shape index (κ3) is 4.02. The van der Waals surface area contributed by atoms with Crippen LogP contribution in [0.1, 0.15) is 24.5 Å². The van der Waals surface area contributed by atoms with Gasteiger partial charge < -0.3 is 5.32 Å². The largest absolute Gasteiger partial charge is 0.313 e. The van der Waals surface area contributed by atoms with Crippen molar-refractivity contribution in [3.05, 3.63) is 10.7 Å². The summed E-state index contributed by atoms with van der Waals surface area (Å²) in [7, 11) is -3.42. The van der Waals surface area contributed by atoms with Gasteiger partial charge in [0.15, 0.2) is 4.21 Å². The van der Waals surface area contributed by atoms with E-state index >= 15 is 0 Å². The van der Waals surface area contributed by atoms with Crippen molar-refractivity contribution in [3.8, 4) is 0 Å². The number of hydrogen-bond donors (Lipinski definition) is 2. The standard InChI is InChI=1S/C10H19N3O2S2/c1-5-11-7(2)6-12-17(14,15)10-8(3)13-9(4)16-10/h7,11-12H,5-6H2,1-4H3/t7-/m1/s1. The van der Waals surface area contributed by atoms with E-state index in [0.717, 1.165) is 11.6 Å². The van der Waals surface area contributed by atoms with Crippen molar-refractivity contribution in [3.63, 3.8) is 0 Å². The highest BCUT2D eigenvalue weighted by atomic mass is 32.2. The zero-order chi connectivity index (χ0) is 13.1. The molecule has 0 spiro atoms. The van der Waals surface area contributed by atoms with Crippen LogP contribution in [0.5, 0.6) is 0 Å². The summed E-state index contributed by atoms with van der Waals surface area (Å²) < 4.78 is 26.9. The number of hydrogen-bond acceptors (Lipinski definition) is 5. The molecule has 0 saturated carbocycles. The van der Waals surface area contributed by atoms with E-state index in [9.17, 15) is 8.42 Å². The van der Waals surface area contributed by atoms with Gasteiger partial charge >= 0.3 is 0 Å². The first-order valence-corrected chi connectivity index (χ1v) is 7.84. The number of rotatable bonds is 6. The van der Waals surface area contributed by atoms with Crippen molar-refractivity contribution < 1.29 is 8.42 Å². The van der Waals surface area contributed by atoms with Gasteiger partial charge in [-0.2, -0.15) is 0 Å². The fourth-order valence-corrected chi connectivity index (χ4v) is 4.14. The molecule has 0 bridgehead atoms. The molecule has 0 fully saturated rings. The van der Waals surface area contributed by atoms with Crippen LogP contribution in [0.15, 0.2) is 4.21 Å². The number of nitrogens with zero attached hydrogens (tertiary/aromatic N) is 1. The van der Waals surface area contributed by atoms with Crippen molar-refractivity contribution in [1.82, 2.24) is 15.0 Å². The minimum atomic E-state index is -3.42. The highest BCUT2D eigenvalue weighted by Crippen LogP contribution is 2.22. The van der Waals surface area contributed by atoms with Gasteiger partial charge in [-0.3, -0.25) is 0 Å². The Balaban J connectivity index is 2.73. The zero-order valence-electron chi connectivity index (χ0n) is 10.6. The number of likely N-dealkylation sites (N-methyl/N-ethyl adjacent to an activating group) is 1. The van der Waals surface area contributed by atoms with E-state index in [1.165, 1.54) is 11.3 Å². The van der Waals surface area contributed by atoms with E-state index in [1.54, 1.807) is 13.8 Å². The van der Waals surface area contributed by atoms with E-state index in [1.807, 2.05) is 13.8 Å². The molecule has 0 saturated heterocycles. The summed E-state index contributed by atoms with van der Waals surface area (Å²) in [5.41, 5.74) is 0.566. The van der Waals surface area contributed by atoms with Crippen LogP contribution in [0, 0.1) is 13.8 Å². The SMILES string of the molecule is CCN[C@H](C)CNS(=O)(=O)c1sc(C)nc1C. The summed E-state index contributed by atoms with van der Waals surface area (Å²) in [4.78, 5) is 4.12. The maximum Gasteiger partial charge on any atom is 0.251 e. The van der Waals surface area contributed by atoms with Gasteiger partial charge in [0.2, 0.25) is 0 Å². The third-order valence-electron chi connectivity index (χ3n) is 2.24. The lowest BCUT2D eigenvalue weighted by molar-refractivity contribution is 0.537. The van der Waals surface area contributed by atoms with Gasteiger partial charge in [-0.15, -0.1) is 11.3 Å². The summed E-state index contributed by atoms with van der Waals surface area (Å²) in [6, 6.07) is 0.115. The van der Waals surface area contributed by atoms with Crippen LogP contribution >= 0.6 is 11.3 Å². The average molecular weight is 277 g/mol. The molecule has 0 aliphatic rings. The predicted molar refractivity (Wildman–Crippen MR) is 69.9 cm³/mol. The molecule has 0 amide bonds. The number of aryl methyl sites for hydroxylation is 2. The van der Waals surface area contributed by atoms with Crippen molar-refractivity contribution >= 4 is 21.4 Å². The van der Waals surface area contributed by atoms with Gasteiger partial charge in [-0.25, -0.2) is 18.1 Å². The third-order valence-corrected chi connectivity index (χ3v) is 5.34. The molecule has 0 aliphatic carbocycles. The molecule has 1 atom stereocenters. The Labute approximate surface area is 107 Å². The van der Waals surface area contributed by atoms with Gasteiger partial charge in [0, 0.05) is 12.6 Å². The van der Waals surface area contributed by atoms with Crippen LogP contribution in [0.2, 0.25) is 0 Å². The van der Waals surface area contributed by atoms with Crippen LogP contribution in [0.3, 0.4) is 0 Å². The van der Waals surface area contributed by atoms with Crippen LogP contribution in [0.4, 0.5) is 0 Å². The minimum absolute atomic E-state index is 0.115. The number of thiazole rings is 1. The Morgan fingerprint density at radius 2 is 2.06 bits per heavy atom. The smallest absolute Gasteiger partial charge is 0.251 e. The van der Waals surface area contributed by atoms with Gasteiger partial charge in [0.1, 0.15) is 0 Å². The van der Waals surface area contributed by atoms with E-state index in [-0.39, 0.29) is 6.04 Å². The topological polar surface area (TPSA) is 71.1 Å². The lowest BCUT2D eigenvalue weighted by Crippen LogP contribution is -2.38. The Morgan fingerprint density at radius 3 is 2.53 bits per heavy atom. The zero-order valence-corrected chi connectivity index (χ0v) is 12.2. The van der Waals surface area contributed by atoms with Crippen LogP contribution in [-0.4, -0.2) is 32.5 Å². The van der Waals surface area contributed by atoms with Gasteiger partial charge in [0.05, 0.1) is 10.7 Å². The highest BCUT2D eigenvalue weighted by molar-refractivity contribution is 7.91. The summed E-state index contributed by atoms with van der Waals surface area (Å²) >= 11 is 1.20. The summed E-state index contributed by atoms with van der Waals surface area (Å²) in [6.45, 7) is 8.65. The first-order valence-electron chi connectivity index (χ1n) is 5.54. The Bertz CT molecular complexity index is 468. The molecule has 1 aromatic heterocycles. The first kappa shape index (κ1) is 14.6. The molecule has 0 aromatic carbocycles. The van der Waals surface area contributed by atoms with Crippen molar-refractivity contribution in [2.75, 3.05) is 13.1 Å². The maximum absolute atomic E-state index is 12.0. The van der Waals surface area contributed by atoms with E-state index < -0.39 is 10.0 Å². The molecule has 98 valence electrons. The summed E-state index contributed by atoms with van der Waals surface area (Å²) in [5, 5.41) is 3.92. The minimum Gasteiger partial charge on any atom is -0.313 e. The molecule has 0 unspecified atom stereocenters. The predicted octanol–water partition coefficient (Wildman–Crippen LogP) is 1.04. The van der Waals surface area contributed by atoms with Crippen LogP contribution in [0.25, 0.3) is 0 Å². The van der Waals surface area contributed by atoms with Crippen molar-refractivity contribution in [2.24, 2.45) is 0 Å². The van der Waals surface area contributed by atoms with E-state index in [4.69, 9.17) is 0 Å². The maximum atomic E-state index is 12.0. The Morgan fingerprint density at radius 1 is 1.41 bits per heavy atom. The second-order valence-corrected chi connectivity index (χ2v) is 7.08. The number of sulfonamides is 1. The summed E-state index contributed by atoms with van der Waals surface area (Å²) in [5.74, 6) is 0. The van der Waals surface area contributed by atoms with Crippen LogP contribution in [-0.2, 0) is 10.0 Å². The fourth-order valence-electron chi connectivity index (χ4n) is 1.48. The average Bonchev–Trinajstić information content (AvgIpc) is 2.56. The summed E-state index contributed by atoms with van der Waals surface area (Å²) in [6.07, 6.45) is 0. The van der Waals surface area contributed by atoms with Gasteiger partial charge in [0.25, 0.3) is 10.0 Å². The lowest BCUT2D eigenvalue weighted by Gasteiger charge is -2.12. The molecule has 1 aromatic rings. The monoisotopic (exact) mass is 277 g/mol. The molecule has 7 heteroatoms. The highest BCUT2D eigenvalue weighted by Gasteiger charge is 2.20. The molecule has 0 radical (unpaired) electrons. The van der Waals surface area contributed by atoms with Crippen molar-refractivity contribution in [1.29, 1.82) is 0 Å². The van der Waals surface area contributed by atoms with Crippen molar-refractivity contribution in [2.45, 2.75) is 37.9 Å². The van der Waals surface area contributed by atoms with E-state index in [0.29, 0.717) is 16.4 Å². The number of nitrogens with one attached hydrogen (secondary N) is 2. The molecular formula is C10H19N3O2S2. The Kier molecular flexibility index (Phi) is 5.05. The second kappa shape index (κ2) is 5.90. The molecule has 5 nitrogen and oxygen atoms in total. The lowest BCUT2D eigenvalue weighted by atomic mass is 10.3.